The number of hydrogen-bond donors (Lipinski definition) is 0. The Balaban J connectivity index is 2.14. The molecule has 1 unspecified atom stereocenters. The van der Waals surface area contributed by atoms with Crippen LogP contribution in [0.25, 0.3) is 5.57 Å². The monoisotopic (exact) mass is 482 g/mol. The highest BCUT2D eigenvalue weighted by atomic mass is 32.1. The van der Waals surface area contributed by atoms with Crippen molar-refractivity contribution in [2.24, 2.45) is 0 Å². The van der Waals surface area contributed by atoms with Gasteiger partial charge in [0.05, 0.1) is 31.9 Å². The SMILES string of the molecule is CCCCCCOc1nsnc1C1=CCC[N+](C)([C@@H](C)O[Si](C(C)C)(C(C)C)C(C)C)C1. The Kier molecular flexibility index (Phi) is 10.4. The van der Waals surface area contributed by atoms with E-state index in [1.54, 1.807) is 0 Å². The summed E-state index contributed by atoms with van der Waals surface area (Å²) in [7, 11) is 0.415. The van der Waals surface area contributed by atoms with Crippen LogP contribution in [0.4, 0.5) is 0 Å². The second-order valence-corrected chi connectivity index (χ2v) is 16.7. The number of unbranched alkanes of at least 4 members (excludes halogenated alkanes) is 3. The molecule has 1 aliphatic heterocycles. The van der Waals surface area contributed by atoms with E-state index in [0.717, 1.165) is 48.6 Å². The van der Waals surface area contributed by atoms with Crippen molar-refractivity contribution in [2.45, 2.75) is 110 Å². The van der Waals surface area contributed by atoms with Gasteiger partial charge in [0.1, 0.15) is 12.2 Å². The molecule has 0 amide bonds. The lowest BCUT2D eigenvalue weighted by molar-refractivity contribution is -0.944. The molecule has 0 saturated heterocycles. The first kappa shape index (κ1) is 27.5. The van der Waals surface area contributed by atoms with Crippen LogP contribution in [0.2, 0.25) is 16.6 Å². The molecule has 1 aromatic heterocycles. The smallest absolute Gasteiger partial charge is 0.253 e. The minimum Gasteiger partial charge on any atom is -0.475 e. The molecule has 0 fully saturated rings. The fourth-order valence-corrected chi connectivity index (χ4v) is 11.7. The molecule has 1 aromatic rings. The van der Waals surface area contributed by atoms with Crippen LogP contribution in [0, 0.1) is 0 Å². The molecule has 0 spiro atoms. The molecule has 0 aromatic carbocycles. The molecular formula is C25H48N3O2SSi+. The van der Waals surface area contributed by atoms with Crippen LogP contribution in [0.1, 0.15) is 93.2 Å². The Bertz CT molecular complexity index is 713. The quantitative estimate of drug-likeness (QED) is 0.168. The number of likely N-dealkylation sites (N-methyl/N-ethyl adjacent to an activating group) is 1. The summed E-state index contributed by atoms with van der Waals surface area (Å²) in [5.41, 5.74) is 3.98. The second-order valence-electron chi connectivity index (χ2n) is 10.7. The molecule has 0 saturated carbocycles. The predicted molar refractivity (Wildman–Crippen MR) is 140 cm³/mol. The zero-order valence-corrected chi connectivity index (χ0v) is 23.9. The van der Waals surface area contributed by atoms with Crippen LogP contribution in [-0.4, -0.2) is 54.5 Å². The lowest BCUT2D eigenvalue weighted by Crippen LogP contribution is -2.60. The summed E-state index contributed by atoms with van der Waals surface area (Å²) < 4.78 is 23.2. The Morgan fingerprint density at radius 2 is 1.66 bits per heavy atom. The van der Waals surface area contributed by atoms with Gasteiger partial charge in [-0.2, -0.15) is 4.37 Å². The number of hydrogen-bond acceptors (Lipinski definition) is 5. The first-order chi connectivity index (χ1) is 15.1. The lowest BCUT2D eigenvalue weighted by atomic mass is 10.0. The van der Waals surface area contributed by atoms with E-state index in [0.29, 0.717) is 16.6 Å². The molecule has 7 heteroatoms. The third kappa shape index (κ3) is 6.22. The van der Waals surface area contributed by atoms with Gasteiger partial charge in [0.2, 0.25) is 8.32 Å². The van der Waals surface area contributed by atoms with E-state index in [-0.39, 0.29) is 6.23 Å². The first-order valence-electron chi connectivity index (χ1n) is 12.7. The van der Waals surface area contributed by atoms with Gasteiger partial charge >= 0.3 is 0 Å². The second kappa shape index (κ2) is 12.1. The molecule has 0 aliphatic carbocycles. The van der Waals surface area contributed by atoms with E-state index in [2.05, 4.69) is 77.3 Å². The van der Waals surface area contributed by atoms with Gasteiger partial charge in [0.15, 0.2) is 6.23 Å². The fourth-order valence-electron chi connectivity index (χ4n) is 5.55. The largest absolute Gasteiger partial charge is 0.475 e. The van der Waals surface area contributed by atoms with Gasteiger partial charge in [-0.1, -0.05) is 73.8 Å². The zero-order chi connectivity index (χ0) is 23.9. The Hall–Kier alpha value is -0.763. The summed E-state index contributed by atoms with van der Waals surface area (Å²) in [6, 6.07) is 0. The predicted octanol–water partition coefficient (Wildman–Crippen LogP) is 7.27. The number of aromatic nitrogens is 2. The molecular weight excluding hydrogens is 434 g/mol. The van der Waals surface area contributed by atoms with Gasteiger partial charge in [-0.25, -0.2) is 0 Å². The van der Waals surface area contributed by atoms with Crippen LogP contribution in [0.3, 0.4) is 0 Å². The fraction of sp³-hybridized carbons (Fsp3) is 0.840. The maximum absolute atomic E-state index is 7.18. The van der Waals surface area contributed by atoms with Crippen LogP contribution in [-0.2, 0) is 4.43 Å². The van der Waals surface area contributed by atoms with Crippen molar-refractivity contribution in [3.8, 4) is 5.88 Å². The van der Waals surface area contributed by atoms with Crippen LogP contribution in [0.15, 0.2) is 6.08 Å². The summed E-state index contributed by atoms with van der Waals surface area (Å²) in [5, 5.41) is 0. The first-order valence-corrected chi connectivity index (χ1v) is 15.6. The molecule has 1 aliphatic rings. The minimum atomic E-state index is -1.94. The van der Waals surface area contributed by atoms with E-state index in [9.17, 15) is 0 Å². The van der Waals surface area contributed by atoms with Crippen LogP contribution < -0.4 is 4.74 Å². The van der Waals surface area contributed by atoms with E-state index >= 15 is 0 Å². The van der Waals surface area contributed by atoms with E-state index in [1.165, 1.54) is 36.6 Å². The molecule has 5 nitrogen and oxygen atoms in total. The highest BCUT2D eigenvalue weighted by molar-refractivity contribution is 6.99. The van der Waals surface area contributed by atoms with Crippen molar-refractivity contribution in [3.05, 3.63) is 11.8 Å². The lowest BCUT2D eigenvalue weighted by Gasteiger charge is -2.49. The molecule has 0 N–H and O–H groups in total. The van der Waals surface area contributed by atoms with Gasteiger partial charge in [-0.05, 0) is 23.0 Å². The third-order valence-electron chi connectivity index (χ3n) is 7.52. The number of nitrogens with zero attached hydrogens (tertiary/aromatic N) is 3. The summed E-state index contributed by atoms with van der Waals surface area (Å²) in [4.78, 5) is 0. The maximum Gasteiger partial charge on any atom is 0.253 e. The Morgan fingerprint density at radius 3 is 2.25 bits per heavy atom. The minimum absolute atomic E-state index is 0.155. The topological polar surface area (TPSA) is 44.2 Å². The van der Waals surface area contributed by atoms with Crippen molar-refractivity contribution >= 4 is 25.6 Å². The van der Waals surface area contributed by atoms with Crippen molar-refractivity contribution in [1.29, 1.82) is 0 Å². The van der Waals surface area contributed by atoms with Gasteiger partial charge in [0, 0.05) is 18.9 Å². The number of quaternary nitrogens is 1. The highest BCUT2D eigenvalue weighted by Crippen LogP contribution is 2.44. The van der Waals surface area contributed by atoms with Gasteiger partial charge < -0.3 is 9.16 Å². The van der Waals surface area contributed by atoms with Crippen molar-refractivity contribution in [2.75, 3.05) is 26.7 Å². The van der Waals surface area contributed by atoms with E-state index in [4.69, 9.17) is 9.16 Å². The average molecular weight is 483 g/mol. The molecule has 184 valence electrons. The summed E-state index contributed by atoms with van der Waals surface area (Å²) in [6.07, 6.45) is 8.32. The van der Waals surface area contributed by atoms with Crippen molar-refractivity contribution in [1.82, 2.24) is 8.75 Å². The van der Waals surface area contributed by atoms with Crippen LogP contribution >= 0.6 is 11.7 Å². The molecule has 0 bridgehead atoms. The molecule has 32 heavy (non-hydrogen) atoms. The van der Waals surface area contributed by atoms with Crippen LogP contribution in [0.5, 0.6) is 5.88 Å². The standard InChI is InChI=1S/C25H48N3O2SSi/c1-10-11-12-13-17-29-25-24(26-31-27-25)23-15-14-16-28(9,18-23)22(8)30-32(19(2)3,20(4)5)21(6)7/h15,19-22H,10-14,16-18H2,1-9H3/q+1/t22-,28?/m1/s1. The van der Waals surface area contributed by atoms with Crippen molar-refractivity contribution < 1.29 is 13.6 Å². The van der Waals surface area contributed by atoms with E-state index < -0.39 is 8.32 Å². The molecule has 0 radical (unpaired) electrons. The molecule has 2 rings (SSSR count). The van der Waals surface area contributed by atoms with Gasteiger partial charge in [-0.15, -0.1) is 4.37 Å². The summed E-state index contributed by atoms with van der Waals surface area (Å²) >= 11 is 1.26. The maximum atomic E-state index is 7.18. The molecule has 2 atom stereocenters. The molecule has 2 heterocycles. The van der Waals surface area contributed by atoms with E-state index in [1.807, 2.05) is 0 Å². The third-order valence-corrected chi connectivity index (χ3v) is 14.2. The van der Waals surface area contributed by atoms with Gasteiger partial charge in [-0.3, -0.25) is 4.48 Å². The van der Waals surface area contributed by atoms with Crippen molar-refractivity contribution in [3.63, 3.8) is 0 Å². The Morgan fingerprint density at radius 1 is 1.00 bits per heavy atom. The zero-order valence-electron chi connectivity index (χ0n) is 22.1. The summed E-state index contributed by atoms with van der Waals surface area (Å²) in [6.45, 7) is 21.5. The summed E-state index contributed by atoms with van der Waals surface area (Å²) in [5.74, 6) is 0.718. The Labute approximate surface area is 202 Å². The average Bonchev–Trinajstić information content (AvgIpc) is 3.19. The number of ether oxygens (including phenoxy) is 1. The normalized spacial score (nSPS) is 20.8. The van der Waals surface area contributed by atoms with Gasteiger partial charge in [0.25, 0.3) is 5.88 Å². The highest BCUT2D eigenvalue weighted by Gasteiger charge is 2.49. The number of rotatable bonds is 13.